The maximum atomic E-state index is 10.0. The van der Waals surface area contributed by atoms with Crippen molar-refractivity contribution in [3.05, 3.63) is 53.2 Å². The van der Waals surface area contributed by atoms with Gasteiger partial charge in [0.05, 0.1) is 18.6 Å². The van der Waals surface area contributed by atoms with Crippen LogP contribution in [-0.4, -0.2) is 47.0 Å². The molecule has 2 aromatic rings. The average molecular weight is 396 g/mol. The van der Waals surface area contributed by atoms with Crippen molar-refractivity contribution in [3.63, 3.8) is 0 Å². The highest BCUT2D eigenvalue weighted by atomic mass is 16.5. The number of nitrogens with one attached hydrogen (secondary N) is 1. The molecule has 0 atom stereocenters. The van der Waals surface area contributed by atoms with Gasteiger partial charge in [-0.05, 0) is 33.3 Å². The van der Waals surface area contributed by atoms with Gasteiger partial charge in [-0.1, -0.05) is 49.4 Å². The Labute approximate surface area is 173 Å². The molecule has 0 bridgehead atoms. The van der Waals surface area contributed by atoms with E-state index < -0.39 is 0 Å². The monoisotopic (exact) mass is 395 g/mol. The summed E-state index contributed by atoms with van der Waals surface area (Å²) >= 11 is 0. The second-order valence-electron chi connectivity index (χ2n) is 7.25. The van der Waals surface area contributed by atoms with Crippen molar-refractivity contribution < 1.29 is 9.53 Å². The van der Waals surface area contributed by atoms with Crippen molar-refractivity contribution in [1.29, 1.82) is 0 Å². The quantitative estimate of drug-likeness (QED) is 0.845. The minimum atomic E-state index is 0.289. The molecule has 0 unspecified atom stereocenters. The molecule has 1 aliphatic heterocycles. The van der Waals surface area contributed by atoms with Gasteiger partial charge in [-0.25, -0.2) is 4.98 Å². The summed E-state index contributed by atoms with van der Waals surface area (Å²) in [6.07, 6.45) is 5.49. The number of carbonyl (C=O) groups is 1. The van der Waals surface area contributed by atoms with Crippen molar-refractivity contribution in [2.24, 2.45) is 0 Å². The third-order valence-corrected chi connectivity index (χ3v) is 4.77. The molecule has 1 aromatic carbocycles. The van der Waals surface area contributed by atoms with E-state index in [1.165, 1.54) is 11.3 Å². The molecule has 29 heavy (non-hydrogen) atoms. The molecule has 5 heteroatoms. The first-order chi connectivity index (χ1) is 14.0. The molecule has 0 saturated carbocycles. The van der Waals surface area contributed by atoms with Gasteiger partial charge < -0.3 is 19.4 Å². The number of aryl methyl sites for hydroxylation is 1. The van der Waals surface area contributed by atoms with Crippen LogP contribution in [0.2, 0.25) is 0 Å². The zero-order valence-corrected chi connectivity index (χ0v) is 18.1. The van der Waals surface area contributed by atoms with Gasteiger partial charge in [0.25, 0.3) is 0 Å². The first-order valence-corrected chi connectivity index (χ1v) is 10.2. The molecule has 1 aromatic heterocycles. The fraction of sp³-hybridized carbons (Fsp3) is 0.417. The number of carbonyl (C=O) groups excluding carboxylic acids is 1. The second kappa shape index (κ2) is 11.4. The van der Waals surface area contributed by atoms with Crippen LogP contribution >= 0.6 is 0 Å². The highest BCUT2D eigenvalue weighted by Crippen LogP contribution is 2.13. The Bertz CT molecular complexity index is 920. The molecule has 0 radical (unpaired) electrons. The normalized spacial score (nSPS) is 15.4. The molecule has 3 rings (SSSR count). The second-order valence-corrected chi connectivity index (χ2v) is 7.25. The van der Waals surface area contributed by atoms with E-state index in [1.807, 2.05) is 13.0 Å². The van der Waals surface area contributed by atoms with E-state index in [2.05, 4.69) is 54.6 Å². The zero-order chi connectivity index (χ0) is 21.2. The molecule has 0 spiro atoms. The number of hydrogen-bond donors (Lipinski definition) is 1. The third-order valence-electron chi connectivity index (χ3n) is 4.77. The van der Waals surface area contributed by atoms with Gasteiger partial charge in [0, 0.05) is 30.8 Å². The number of morpholine rings is 1. The van der Waals surface area contributed by atoms with Gasteiger partial charge in [0.2, 0.25) is 0 Å². The van der Waals surface area contributed by atoms with Crippen LogP contribution in [-0.2, 0) is 9.53 Å². The summed E-state index contributed by atoms with van der Waals surface area (Å²) in [4.78, 5) is 20.6. The number of ether oxygens (including phenoxy) is 1. The summed E-state index contributed by atoms with van der Waals surface area (Å²) < 4.78 is 5.44. The number of hydrogen-bond acceptors (Lipinski definition) is 4. The molecule has 0 amide bonds. The van der Waals surface area contributed by atoms with Crippen molar-refractivity contribution in [3.8, 4) is 11.4 Å². The molecule has 1 N–H and O–H groups in total. The van der Waals surface area contributed by atoms with Crippen LogP contribution in [0, 0.1) is 6.92 Å². The number of Topliss-reactive ketones (excluding diaryl/α,β-unsaturated/α-hetero) is 1. The molecule has 1 saturated heterocycles. The van der Waals surface area contributed by atoms with Gasteiger partial charge in [0.15, 0.2) is 0 Å². The highest BCUT2D eigenvalue weighted by molar-refractivity contribution is 5.75. The molecule has 1 aliphatic rings. The Morgan fingerprint density at radius 2 is 1.90 bits per heavy atom. The molecule has 1 fully saturated rings. The summed E-state index contributed by atoms with van der Waals surface area (Å²) in [5, 5.41) is 1.99. The summed E-state index contributed by atoms with van der Waals surface area (Å²) in [6, 6.07) is 8.40. The molecular weight excluding hydrogens is 362 g/mol. The lowest BCUT2D eigenvalue weighted by molar-refractivity contribution is -0.117. The van der Waals surface area contributed by atoms with E-state index in [0.717, 1.165) is 61.2 Å². The number of rotatable bonds is 5. The van der Waals surface area contributed by atoms with E-state index in [1.54, 1.807) is 13.0 Å². The number of imidazole rings is 1. The number of nitrogens with zero attached hydrogens (tertiary/aromatic N) is 2. The molecule has 0 aliphatic carbocycles. The third kappa shape index (κ3) is 6.71. The summed E-state index contributed by atoms with van der Waals surface area (Å²) in [7, 11) is 0. The van der Waals surface area contributed by atoms with Crippen LogP contribution in [0.1, 0.15) is 39.2 Å². The van der Waals surface area contributed by atoms with E-state index in [9.17, 15) is 4.79 Å². The molecule has 5 nitrogen and oxygen atoms in total. The number of H-pyrrole nitrogens is 1. The average Bonchev–Trinajstić information content (AvgIpc) is 3.13. The minimum Gasteiger partial charge on any atom is -0.378 e. The Hall–Kier alpha value is -2.66. The maximum Gasteiger partial charge on any atom is 0.138 e. The molecule has 156 valence electrons. The molecular formula is C24H33N3O2. The van der Waals surface area contributed by atoms with Gasteiger partial charge in [-0.2, -0.15) is 0 Å². The fourth-order valence-electron chi connectivity index (χ4n) is 3.15. The Kier molecular flexibility index (Phi) is 8.87. The molecule has 2 heterocycles. The predicted octanol–water partition coefficient (Wildman–Crippen LogP) is 3.19. The van der Waals surface area contributed by atoms with Crippen LogP contribution in [0.25, 0.3) is 23.2 Å². The predicted molar refractivity (Wildman–Crippen MR) is 120 cm³/mol. The van der Waals surface area contributed by atoms with Gasteiger partial charge in [-0.15, -0.1) is 0 Å². The summed E-state index contributed by atoms with van der Waals surface area (Å²) in [5.41, 5.74) is 3.51. The van der Waals surface area contributed by atoms with Gasteiger partial charge in [0.1, 0.15) is 17.0 Å². The zero-order valence-electron chi connectivity index (χ0n) is 18.1. The van der Waals surface area contributed by atoms with Crippen LogP contribution in [0.15, 0.2) is 36.9 Å². The number of ketones is 1. The van der Waals surface area contributed by atoms with E-state index in [4.69, 9.17) is 9.72 Å². The summed E-state index contributed by atoms with van der Waals surface area (Å²) in [6.45, 7) is 15.0. The van der Waals surface area contributed by atoms with Crippen molar-refractivity contribution >= 4 is 17.6 Å². The van der Waals surface area contributed by atoms with E-state index >= 15 is 0 Å². The van der Waals surface area contributed by atoms with Crippen LogP contribution < -0.4 is 10.7 Å². The van der Waals surface area contributed by atoms with Gasteiger partial charge in [-0.3, -0.25) is 0 Å². The fourth-order valence-corrected chi connectivity index (χ4v) is 3.15. The summed E-state index contributed by atoms with van der Waals surface area (Å²) in [5.74, 6) is 1.18. The topological polar surface area (TPSA) is 58.2 Å². The largest absolute Gasteiger partial charge is 0.378 e. The van der Waals surface area contributed by atoms with E-state index in [0.29, 0.717) is 0 Å². The van der Waals surface area contributed by atoms with E-state index in [-0.39, 0.29) is 5.78 Å². The van der Waals surface area contributed by atoms with Crippen molar-refractivity contribution in [1.82, 2.24) is 14.9 Å². The maximum absolute atomic E-state index is 10.0. The Balaban J connectivity index is 0.000000438. The van der Waals surface area contributed by atoms with Gasteiger partial charge >= 0.3 is 0 Å². The number of aromatic amines is 1. The Morgan fingerprint density at radius 1 is 1.24 bits per heavy atom. The number of aromatic nitrogens is 2. The highest BCUT2D eigenvalue weighted by Gasteiger charge is 2.13. The SMILES string of the molecule is C=C/C=c1/[nH]c(-c2ccc(C)cc2)n/c1=C(/C)N1CCOCC1.CCCC(C)=O. The lowest BCUT2D eigenvalue weighted by atomic mass is 10.1. The van der Waals surface area contributed by atoms with Crippen LogP contribution in [0.3, 0.4) is 0 Å². The lowest BCUT2D eigenvalue weighted by Crippen LogP contribution is -2.40. The van der Waals surface area contributed by atoms with Crippen molar-refractivity contribution in [2.45, 2.75) is 40.5 Å². The first-order valence-electron chi connectivity index (χ1n) is 10.2. The number of allylic oxidation sites excluding steroid dienone is 1. The Morgan fingerprint density at radius 3 is 2.41 bits per heavy atom. The van der Waals surface area contributed by atoms with Crippen LogP contribution in [0.5, 0.6) is 0 Å². The van der Waals surface area contributed by atoms with Crippen molar-refractivity contribution in [2.75, 3.05) is 26.3 Å². The number of benzene rings is 1. The standard InChI is InChI=1S/C19H23N3O.C5H10O/c1-4-5-17-18(15(3)22-10-12-23-13-11-22)21-19(20-17)16-8-6-14(2)7-9-16;1-3-4-5(2)6/h4-9H,1,10-13H2,2-3H3,(H,20,21);3-4H2,1-2H3/b17-5+,18-15-;. The lowest BCUT2D eigenvalue weighted by Gasteiger charge is -2.28. The first kappa shape index (κ1) is 22.6. The smallest absolute Gasteiger partial charge is 0.138 e. The van der Waals surface area contributed by atoms with Crippen LogP contribution in [0.4, 0.5) is 0 Å². The minimum absolute atomic E-state index is 0.289.